The Morgan fingerprint density at radius 2 is 0.818 bits per heavy atom. The molecular formula is C99H101Cl3F3N19O8. The fraction of sp³-hybridized carbons (Fsp3) is 0.323. The lowest BCUT2D eigenvalue weighted by molar-refractivity contribution is -0.131. The number of halogens is 6. The van der Waals surface area contributed by atoms with Crippen molar-refractivity contribution in [2.75, 3.05) is 89.7 Å². The number of pyridine rings is 9. The number of anilines is 7. The van der Waals surface area contributed by atoms with Crippen LogP contribution in [0.1, 0.15) is 132 Å². The molecule has 12 aromatic rings. The number of hydrogen-bond donors (Lipinski definition) is 3. The van der Waals surface area contributed by atoms with Gasteiger partial charge in [-0.25, -0.2) is 28.1 Å². The van der Waals surface area contributed by atoms with Gasteiger partial charge < -0.3 is 56.2 Å². The summed E-state index contributed by atoms with van der Waals surface area (Å²) in [7, 11) is 1.55. The second kappa shape index (κ2) is 36.0. The highest BCUT2D eigenvalue weighted by atomic mass is 35.5. The number of hydrogen-bond acceptors (Lipinski definition) is 20. The van der Waals surface area contributed by atoms with Gasteiger partial charge in [0.2, 0.25) is 23.5 Å². The first-order valence-corrected chi connectivity index (χ1v) is 44.9. The van der Waals surface area contributed by atoms with E-state index in [4.69, 9.17) is 71.7 Å². The number of fused-ring (bicyclic) bond motifs is 15. The number of aromatic nitrogens is 9. The van der Waals surface area contributed by atoms with Crippen LogP contribution in [-0.4, -0.2) is 171 Å². The predicted molar refractivity (Wildman–Crippen MR) is 516 cm³/mol. The number of carbonyl (C=O) groups excluding carboxylic acids is 4. The van der Waals surface area contributed by atoms with Crippen LogP contribution in [0.5, 0.6) is 5.75 Å². The van der Waals surface area contributed by atoms with Crippen LogP contribution >= 0.6 is 34.8 Å². The maximum absolute atomic E-state index is 15.3. The lowest BCUT2D eigenvalue weighted by Crippen LogP contribution is -2.66. The van der Waals surface area contributed by atoms with Crippen molar-refractivity contribution in [3.8, 4) is 56.6 Å². The van der Waals surface area contributed by atoms with Crippen LogP contribution in [0, 0.1) is 38.2 Å². The minimum atomic E-state index is -0.770. The lowest BCUT2D eigenvalue weighted by Gasteiger charge is -2.49. The van der Waals surface area contributed by atoms with Crippen molar-refractivity contribution < 1.29 is 37.1 Å². The van der Waals surface area contributed by atoms with Gasteiger partial charge in [0.25, 0.3) is 17.0 Å². The molecule has 0 radical (unpaired) electrons. The van der Waals surface area contributed by atoms with Gasteiger partial charge >= 0.3 is 5.56 Å². The monoisotopic (exact) mass is 1850 g/mol. The second-order valence-corrected chi connectivity index (χ2v) is 36.6. The second-order valence-electron chi connectivity index (χ2n) is 35.3. The SMILES string of the molecule is C=CC(=O)N1CC2C(=O)N(C)c3c(c4cc(Cl)c(-c5c(N)cccc5F)nc4n(-c4c(C)ccnc4C(C)C)c3=O)N2CC1C.C=CC(=O)N1CC2CCOc3c(c4cc(Cl)c(-c5c(N)cccc5F)nc4n(-c4c(C)ccnc4C(C)C)c3=O)N2CC1C.C=CC(=O)N1CC2CCc3c(c4cc(Cl)c(-c5c(N)cccc5F)nc4n(-c4c(C)ccnc4C(C)C)c3=O)N2CC1C. The molecule has 9 aromatic heterocycles. The molecule has 15 heterocycles. The third kappa shape index (κ3) is 15.6. The molecule has 33 heteroatoms. The van der Waals surface area contributed by atoms with Gasteiger partial charge in [-0.05, 0) is 180 Å². The van der Waals surface area contributed by atoms with E-state index in [-0.39, 0.29) is 185 Å². The first-order valence-electron chi connectivity index (χ1n) is 43.8. The van der Waals surface area contributed by atoms with Crippen LogP contribution in [0.25, 0.3) is 83.9 Å². The Morgan fingerprint density at radius 3 is 1.21 bits per heavy atom. The zero-order valence-corrected chi connectivity index (χ0v) is 77.7. The number of likely N-dealkylation sites (N-methyl/N-ethyl adjacent to an activating group) is 1. The van der Waals surface area contributed by atoms with Gasteiger partial charge in [0.05, 0.1) is 119 Å². The van der Waals surface area contributed by atoms with E-state index in [0.29, 0.717) is 113 Å². The van der Waals surface area contributed by atoms with Gasteiger partial charge in [-0.15, -0.1) is 0 Å². The molecule has 18 rings (SSSR count). The van der Waals surface area contributed by atoms with Crippen molar-refractivity contribution >= 4 is 131 Å². The normalized spacial score (nSPS) is 18.0. The van der Waals surface area contributed by atoms with Crippen molar-refractivity contribution in [3.63, 3.8) is 0 Å². The first-order chi connectivity index (χ1) is 62.9. The number of aryl methyl sites for hydroxylation is 3. The number of benzene rings is 3. The molecule has 0 saturated carbocycles. The highest BCUT2D eigenvalue weighted by Gasteiger charge is 2.48. The lowest BCUT2D eigenvalue weighted by atomic mass is 9.91. The van der Waals surface area contributed by atoms with Crippen molar-refractivity contribution in [1.82, 2.24) is 58.3 Å². The van der Waals surface area contributed by atoms with Crippen LogP contribution in [0.2, 0.25) is 15.1 Å². The summed E-state index contributed by atoms with van der Waals surface area (Å²) in [4.78, 5) is 137. The third-order valence-electron chi connectivity index (χ3n) is 25.9. The smallest absolute Gasteiger partial charge is 0.301 e. The predicted octanol–water partition coefficient (Wildman–Crippen LogP) is 16.2. The molecule has 0 aliphatic carbocycles. The van der Waals surface area contributed by atoms with Crippen molar-refractivity contribution in [3.05, 3.63) is 250 Å². The summed E-state index contributed by atoms with van der Waals surface area (Å²) in [6.45, 7) is 37.1. The number of piperazine rings is 3. The average Bonchev–Trinajstić information content (AvgIpc) is 0.821. The molecule has 3 saturated heterocycles. The molecule has 27 nitrogen and oxygen atoms in total. The van der Waals surface area contributed by atoms with E-state index in [0.717, 1.165) is 28.1 Å². The standard InChI is InChI=1S/C33H33ClFN7O3.C33H34ClFN6O3.C33H34ClFN6O2/c1-7-24(43)40-15-23-32(44)39(6)30-29(41(23)14-18(40)5)19-13-20(34)27(25-21(35)9-8-10-22(25)36)38-31(19)42(33(30)45)28-17(4)11-12-37-26(28)16(2)3;1-6-25(42)39-16-20-11-13-44-31-30(40(20)15-19(39)5)21-14-22(34)28(26-23(35)8-7-9-24(26)36)38-32(21)41(33(31)43)29-18(4)10-12-37-27(29)17(2)3;1-6-26(42)39-16-20-10-11-21-31(40(20)15-19(39)5)22-14-23(34)29(27-24(35)8-7-9-25(27)36)38-32(22)41(33(21)43)30-18(4)12-13-37-28(30)17(2)3/h7-13,16,18,23H,1,14-15,36H2,2-6H3;6-10,12,14,17,19-20H,1,11,13,15-16,36H2,2-5H3;6-9,12-14,17,19-20H,1,10-11,15-16,36H2,2-5H3. The van der Waals surface area contributed by atoms with Gasteiger partial charge in [-0.1, -0.05) is 114 Å². The molecule has 6 aliphatic rings. The topological polar surface area (TPSA) is 322 Å². The first kappa shape index (κ1) is 91.8. The van der Waals surface area contributed by atoms with Gasteiger partial charge in [0, 0.05) is 128 Å². The molecule has 682 valence electrons. The molecule has 6 unspecified atom stereocenters. The van der Waals surface area contributed by atoms with E-state index >= 15 is 13.2 Å². The van der Waals surface area contributed by atoms with E-state index in [2.05, 4.69) is 44.5 Å². The minimum absolute atomic E-state index is 0.00179. The van der Waals surface area contributed by atoms with Crippen LogP contribution in [0.3, 0.4) is 0 Å². The van der Waals surface area contributed by atoms with E-state index in [1.54, 1.807) is 82.5 Å². The summed E-state index contributed by atoms with van der Waals surface area (Å²) in [6, 6.07) is 22.3. The molecule has 6 atom stereocenters. The largest absolute Gasteiger partial charge is 0.486 e. The Labute approximate surface area is 775 Å². The fourth-order valence-electron chi connectivity index (χ4n) is 19.5. The van der Waals surface area contributed by atoms with Crippen LogP contribution in [-0.2, 0) is 25.6 Å². The molecule has 6 aliphatic heterocycles. The Balaban J connectivity index is 0.000000144. The Kier molecular flexibility index (Phi) is 25.1. The molecule has 4 amide bonds. The number of nitrogens with zero attached hydrogens (tertiary/aromatic N) is 16. The molecular weight excluding hydrogens is 1750 g/mol. The van der Waals surface area contributed by atoms with Gasteiger partial charge in [0.15, 0.2) is 11.3 Å². The summed E-state index contributed by atoms with van der Waals surface area (Å²) < 4.78 is 56.6. The highest BCUT2D eigenvalue weighted by Crippen LogP contribution is 2.50. The molecule has 0 spiro atoms. The van der Waals surface area contributed by atoms with Gasteiger partial charge in [-0.2, -0.15) is 0 Å². The van der Waals surface area contributed by atoms with Crippen LogP contribution < -0.4 is 58.2 Å². The van der Waals surface area contributed by atoms with E-state index < -0.39 is 34.6 Å². The molecule has 132 heavy (non-hydrogen) atoms. The van der Waals surface area contributed by atoms with Gasteiger partial charge in [0.1, 0.15) is 34.8 Å². The number of nitrogen functional groups attached to an aromatic ring is 3. The summed E-state index contributed by atoms with van der Waals surface area (Å²) in [5.41, 5.74) is 28.3. The third-order valence-corrected chi connectivity index (χ3v) is 26.8. The maximum atomic E-state index is 15.3. The molecule has 6 N–H and O–H groups in total. The number of ether oxygens (including phenoxy) is 1. The van der Waals surface area contributed by atoms with Crippen LogP contribution in [0.15, 0.2) is 162 Å². The number of nitrogens with two attached hydrogens (primary N) is 3. The van der Waals surface area contributed by atoms with Crippen LogP contribution in [0.4, 0.5) is 53.0 Å². The van der Waals surface area contributed by atoms with Crippen molar-refractivity contribution in [2.24, 2.45) is 0 Å². The van der Waals surface area contributed by atoms with E-state index in [9.17, 15) is 33.6 Å². The minimum Gasteiger partial charge on any atom is -0.486 e. The fourth-order valence-corrected chi connectivity index (χ4v) is 20.3. The highest BCUT2D eigenvalue weighted by molar-refractivity contribution is 6.35. The zero-order valence-electron chi connectivity index (χ0n) is 75.4. The summed E-state index contributed by atoms with van der Waals surface area (Å²) >= 11 is 20.7. The summed E-state index contributed by atoms with van der Waals surface area (Å²) in [5.74, 6) is -2.54. The number of rotatable bonds is 12. The van der Waals surface area contributed by atoms with Crippen molar-refractivity contribution in [1.29, 1.82) is 0 Å². The molecule has 3 fully saturated rings. The quantitative estimate of drug-likeness (QED) is 0.0755. The summed E-state index contributed by atoms with van der Waals surface area (Å²) in [5, 5.41) is 2.22. The Bertz CT molecular complexity index is 7000. The zero-order chi connectivity index (χ0) is 94.7. The van der Waals surface area contributed by atoms with E-state index in [1.165, 1.54) is 68.7 Å². The number of amides is 4. The average molecular weight is 1850 g/mol. The van der Waals surface area contributed by atoms with Crippen molar-refractivity contribution in [2.45, 2.75) is 156 Å². The molecule has 0 bridgehead atoms. The molecule has 3 aromatic carbocycles. The Hall–Kier alpha value is -13.5. The number of carbonyl (C=O) groups is 4. The maximum Gasteiger partial charge on any atom is 0.301 e. The summed E-state index contributed by atoms with van der Waals surface area (Å²) in [6.07, 6.45) is 10.8. The Morgan fingerprint density at radius 1 is 0.462 bits per heavy atom. The van der Waals surface area contributed by atoms with E-state index in [1.807, 2.05) is 105 Å². The van der Waals surface area contributed by atoms with Gasteiger partial charge in [-0.3, -0.25) is 62.2 Å².